The van der Waals surface area contributed by atoms with Gasteiger partial charge in [-0.1, -0.05) is 24.3 Å². The third kappa shape index (κ3) is 5.45. The van der Waals surface area contributed by atoms with Crippen LogP contribution in [0.25, 0.3) is 10.8 Å². The maximum Gasteiger partial charge on any atom is 0.412 e. The van der Waals surface area contributed by atoms with Crippen molar-refractivity contribution in [1.29, 1.82) is 0 Å². The number of carbonyl (C=O) groups excluding carboxylic acids is 2. The predicted octanol–water partition coefficient (Wildman–Crippen LogP) is 4.01. The zero-order valence-corrected chi connectivity index (χ0v) is 17.0. The van der Waals surface area contributed by atoms with E-state index in [1.54, 1.807) is 20.8 Å². The maximum absolute atomic E-state index is 12.8. The summed E-state index contributed by atoms with van der Waals surface area (Å²) in [5.41, 5.74) is 0.260. The molecule has 0 heterocycles. The van der Waals surface area contributed by atoms with Crippen LogP contribution in [-0.4, -0.2) is 48.7 Å². The summed E-state index contributed by atoms with van der Waals surface area (Å²) in [6, 6.07) is 12.0. The molecule has 0 saturated heterocycles. The molecule has 150 valence electrons. The molecule has 6 heteroatoms. The zero-order chi connectivity index (χ0) is 20.3. The van der Waals surface area contributed by atoms with Crippen molar-refractivity contribution >= 4 is 28.5 Å². The second-order valence-corrected chi connectivity index (χ2v) is 8.34. The highest BCUT2D eigenvalue weighted by molar-refractivity contribution is 6.07. The SMILES string of the molecule is CN(CCNC(=O)c1cc2ccccc2cc1NC(=O)OC(C)(C)C)C1CC1. The van der Waals surface area contributed by atoms with Crippen LogP contribution >= 0.6 is 0 Å². The van der Waals surface area contributed by atoms with Crippen molar-refractivity contribution in [2.24, 2.45) is 0 Å². The third-order valence-electron chi connectivity index (χ3n) is 4.69. The maximum atomic E-state index is 12.8. The molecular formula is C22H29N3O3. The Morgan fingerprint density at radius 3 is 2.39 bits per heavy atom. The fourth-order valence-corrected chi connectivity index (χ4v) is 3.08. The molecule has 0 unspecified atom stereocenters. The van der Waals surface area contributed by atoms with Gasteiger partial charge < -0.3 is 15.0 Å². The normalized spacial score (nSPS) is 14.2. The molecule has 6 nitrogen and oxygen atoms in total. The minimum Gasteiger partial charge on any atom is -0.444 e. The van der Waals surface area contributed by atoms with Crippen molar-refractivity contribution < 1.29 is 14.3 Å². The molecule has 2 aromatic carbocycles. The van der Waals surface area contributed by atoms with E-state index < -0.39 is 11.7 Å². The number of hydrogen-bond donors (Lipinski definition) is 2. The molecular weight excluding hydrogens is 354 g/mol. The van der Waals surface area contributed by atoms with Crippen molar-refractivity contribution in [3.05, 3.63) is 42.0 Å². The lowest BCUT2D eigenvalue weighted by Gasteiger charge is -2.21. The standard InChI is InChI=1S/C22H29N3O3/c1-22(2,3)28-21(27)24-19-14-16-8-6-5-7-15(16)13-18(19)20(26)23-11-12-25(4)17-9-10-17/h5-8,13-14,17H,9-12H2,1-4H3,(H,23,26)(H,24,27). The Bertz CT molecular complexity index is 869. The summed E-state index contributed by atoms with van der Waals surface area (Å²) in [4.78, 5) is 27.3. The van der Waals surface area contributed by atoms with Crippen molar-refractivity contribution in [3.63, 3.8) is 0 Å². The molecule has 0 aliphatic heterocycles. The molecule has 1 aliphatic rings. The molecule has 1 fully saturated rings. The van der Waals surface area contributed by atoms with Crippen LogP contribution in [0, 0.1) is 0 Å². The number of rotatable bonds is 6. The number of nitrogens with one attached hydrogen (secondary N) is 2. The Kier molecular flexibility index (Phi) is 5.89. The van der Waals surface area contributed by atoms with Gasteiger partial charge in [-0.25, -0.2) is 4.79 Å². The highest BCUT2D eigenvalue weighted by atomic mass is 16.6. The molecule has 2 N–H and O–H groups in total. The fourth-order valence-electron chi connectivity index (χ4n) is 3.08. The average Bonchev–Trinajstić information content (AvgIpc) is 3.44. The van der Waals surface area contributed by atoms with Gasteiger partial charge in [-0.15, -0.1) is 0 Å². The lowest BCUT2D eigenvalue weighted by Crippen LogP contribution is -2.34. The van der Waals surface area contributed by atoms with Gasteiger partial charge in [0, 0.05) is 19.1 Å². The number of amides is 2. The van der Waals surface area contributed by atoms with Gasteiger partial charge >= 0.3 is 6.09 Å². The molecule has 2 aromatic rings. The minimum atomic E-state index is -0.614. The first-order chi connectivity index (χ1) is 13.2. The molecule has 0 atom stereocenters. The van der Waals surface area contributed by atoms with E-state index in [4.69, 9.17) is 4.74 Å². The van der Waals surface area contributed by atoms with Crippen LogP contribution in [0.5, 0.6) is 0 Å². The second kappa shape index (κ2) is 8.19. The van der Waals surface area contributed by atoms with Crippen molar-refractivity contribution in [3.8, 4) is 0 Å². The first kappa shape index (κ1) is 20.1. The Labute approximate surface area is 166 Å². The quantitative estimate of drug-likeness (QED) is 0.791. The van der Waals surface area contributed by atoms with E-state index in [-0.39, 0.29) is 5.91 Å². The lowest BCUT2D eigenvalue weighted by atomic mass is 10.0. The largest absolute Gasteiger partial charge is 0.444 e. The highest BCUT2D eigenvalue weighted by Crippen LogP contribution is 2.26. The smallest absolute Gasteiger partial charge is 0.412 e. The molecule has 0 radical (unpaired) electrons. The average molecular weight is 383 g/mol. The summed E-state index contributed by atoms with van der Waals surface area (Å²) in [7, 11) is 2.08. The van der Waals surface area contributed by atoms with Crippen LogP contribution in [0.1, 0.15) is 44.0 Å². The number of anilines is 1. The van der Waals surface area contributed by atoms with E-state index in [0.29, 0.717) is 23.8 Å². The summed E-state index contributed by atoms with van der Waals surface area (Å²) in [5.74, 6) is -0.207. The molecule has 0 spiro atoms. The van der Waals surface area contributed by atoms with Crippen molar-refractivity contribution in [1.82, 2.24) is 10.2 Å². The van der Waals surface area contributed by atoms with Gasteiger partial charge in [0.1, 0.15) is 5.60 Å². The Balaban J connectivity index is 1.77. The summed E-state index contributed by atoms with van der Waals surface area (Å²) in [6.45, 7) is 6.77. The van der Waals surface area contributed by atoms with Gasteiger partial charge in [-0.05, 0) is 63.6 Å². The molecule has 28 heavy (non-hydrogen) atoms. The van der Waals surface area contributed by atoms with Crippen LogP contribution < -0.4 is 10.6 Å². The Morgan fingerprint density at radius 1 is 1.14 bits per heavy atom. The van der Waals surface area contributed by atoms with Gasteiger partial charge in [0.15, 0.2) is 0 Å². The Hall–Kier alpha value is -2.60. The molecule has 1 aliphatic carbocycles. The number of fused-ring (bicyclic) bond motifs is 1. The molecule has 0 bridgehead atoms. The van der Waals surface area contributed by atoms with Gasteiger partial charge in [-0.2, -0.15) is 0 Å². The monoisotopic (exact) mass is 383 g/mol. The van der Waals surface area contributed by atoms with E-state index in [1.807, 2.05) is 36.4 Å². The van der Waals surface area contributed by atoms with Gasteiger partial charge in [0.25, 0.3) is 5.91 Å². The number of nitrogens with zero attached hydrogens (tertiary/aromatic N) is 1. The van der Waals surface area contributed by atoms with Gasteiger partial charge in [0.05, 0.1) is 11.3 Å². The summed E-state index contributed by atoms with van der Waals surface area (Å²) >= 11 is 0. The van der Waals surface area contributed by atoms with Crippen LogP contribution in [0.3, 0.4) is 0 Å². The molecule has 1 saturated carbocycles. The van der Waals surface area contributed by atoms with E-state index in [1.165, 1.54) is 12.8 Å². The first-order valence-electron chi connectivity index (χ1n) is 9.74. The van der Waals surface area contributed by atoms with Crippen LogP contribution in [0.2, 0.25) is 0 Å². The number of ether oxygens (including phenoxy) is 1. The predicted molar refractivity (Wildman–Crippen MR) is 112 cm³/mol. The number of likely N-dealkylation sites (N-methyl/N-ethyl adjacent to an activating group) is 1. The number of carbonyl (C=O) groups is 2. The summed E-state index contributed by atoms with van der Waals surface area (Å²) in [5, 5.41) is 7.59. The number of benzene rings is 2. The third-order valence-corrected chi connectivity index (χ3v) is 4.69. The highest BCUT2D eigenvalue weighted by Gasteiger charge is 2.25. The molecule has 2 amide bonds. The fraction of sp³-hybridized carbons (Fsp3) is 0.455. The Morgan fingerprint density at radius 2 is 1.79 bits per heavy atom. The van der Waals surface area contributed by atoms with Crippen LogP contribution in [0.15, 0.2) is 36.4 Å². The molecule has 0 aromatic heterocycles. The number of hydrogen-bond acceptors (Lipinski definition) is 4. The second-order valence-electron chi connectivity index (χ2n) is 8.34. The summed E-state index contributed by atoms with van der Waals surface area (Å²) in [6.07, 6.45) is 1.89. The van der Waals surface area contributed by atoms with E-state index >= 15 is 0 Å². The van der Waals surface area contributed by atoms with Crippen molar-refractivity contribution in [2.75, 3.05) is 25.5 Å². The van der Waals surface area contributed by atoms with Gasteiger partial charge in [0.2, 0.25) is 0 Å². The van der Waals surface area contributed by atoms with Crippen LogP contribution in [-0.2, 0) is 4.74 Å². The van der Waals surface area contributed by atoms with E-state index in [9.17, 15) is 9.59 Å². The molecule has 3 rings (SSSR count). The van der Waals surface area contributed by atoms with E-state index in [2.05, 4.69) is 22.6 Å². The minimum absolute atomic E-state index is 0.207. The zero-order valence-electron chi connectivity index (χ0n) is 17.0. The van der Waals surface area contributed by atoms with E-state index in [0.717, 1.165) is 17.3 Å². The lowest BCUT2D eigenvalue weighted by molar-refractivity contribution is 0.0636. The summed E-state index contributed by atoms with van der Waals surface area (Å²) < 4.78 is 5.35. The first-order valence-corrected chi connectivity index (χ1v) is 9.74. The topological polar surface area (TPSA) is 70.7 Å². The van der Waals surface area contributed by atoms with Gasteiger partial charge in [-0.3, -0.25) is 10.1 Å². The van der Waals surface area contributed by atoms with Crippen LogP contribution in [0.4, 0.5) is 10.5 Å². The van der Waals surface area contributed by atoms with Crippen molar-refractivity contribution in [2.45, 2.75) is 45.3 Å².